The average Bonchev–Trinajstić information content (AvgIpc) is 3.36. The number of thioether (sulfide) groups is 1. The topological polar surface area (TPSA) is 64.2 Å². The summed E-state index contributed by atoms with van der Waals surface area (Å²) < 4.78 is 32.8. The highest BCUT2D eigenvalue weighted by atomic mass is 32.2. The standard InChI is InChI=1S/C20H22F2N4O2S/c1-2-10-25(13-17(21)22)18(27)14-29-20-24-23-19(16-9-6-11-28-16)26(20)12-15-7-4-3-5-8-15/h3-9,11,17H,2,10,12-14H2,1H3. The number of carbonyl (C=O) groups excluding carboxylic acids is 1. The first-order valence-corrected chi connectivity index (χ1v) is 10.3. The molecule has 2 aromatic heterocycles. The predicted molar refractivity (Wildman–Crippen MR) is 107 cm³/mol. The van der Waals surface area contributed by atoms with Crippen LogP contribution >= 0.6 is 11.8 Å². The fourth-order valence-corrected chi connectivity index (χ4v) is 3.70. The van der Waals surface area contributed by atoms with E-state index >= 15 is 0 Å². The fraction of sp³-hybridized carbons (Fsp3) is 0.350. The van der Waals surface area contributed by atoms with Crippen molar-refractivity contribution in [1.29, 1.82) is 0 Å². The fourth-order valence-electron chi connectivity index (χ4n) is 2.86. The molecule has 3 rings (SSSR count). The van der Waals surface area contributed by atoms with E-state index in [2.05, 4.69) is 10.2 Å². The van der Waals surface area contributed by atoms with Gasteiger partial charge in [-0.05, 0) is 24.1 Å². The van der Waals surface area contributed by atoms with Crippen LogP contribution in [0.1, 0.15) is 18.9 Å². The Balaban J connectivity index is 1.79. The Morgan fingerprint density at radius 3 is 2.66 bits per heavy atom. The van der Waals surface area contributed by atoms with Crippen molar-refractivity contribution in [3.8, 4) is 11.6 Å². The first kappa shape index (κ1) is 21.0. The highest BCUT2D eigenvalue weighted by Gasteiger charge is 2.21. The average molecular weight is 420 g/mol. The number of furan rings is 1. The summed E-state index contributed by atoms with van der Waals surface area (Å²) in [6.45, 7) is 2.10. The Labute approximate surface area is 171 Å². The number of alkyl halides is 2. The zero-order valence-corrected chi connectivity index (χ0v) is 16.8. The van der Waals surface area contributed by atoms with E-state index in [1.54, 1.807) is 18.4 Å². The lowest BCUT2D eigenvalue weighted by Gasteiger charge is -2.21. The SMILES string of the molecule is CCCN(CC(F)F)C(=O)CSc1nnc(-c2ccco2)n1Cc1ccccc1. The second kappa shape index (κ2) is 10.2. The van der Waals surface area contributed by atoms with E-state index < -0.39 is 13.0 Å². The summed E-state index contributed by atoms with van der Waals surface area (Å²) in [7, 11) is 0. The smallest absolute Gasteiger partial charge is 0.255 e. The predicted octanol–water partition coefficient (Wildman–Crippen LogP) is 4.18. The van der Waals surface area contributed by atoms with Crippen molar-refractivity contribution in [3.05, 3.63) is 54.3 Å². The van der Waals surface area contributed by atoms with Crippen LogP contribution in [0, 0.1) is 0 Å². The van der Waals surface area contributed by atoms with Gasteiger partial charge in [0.25, 0.3) is 6.43 Å². The third-order valence-electron chi connectivity index (χ3n) is 4.17. The highest BCUT2D eigenvalue weighted by molar-refractivity contribution is 7.99. The Kier molecular flexibility index (Phi) is 7.40. The van der Waals surface area contributed by atoms with Gasteiger partial charge in [-0.15, -0.1) is 10.2 Å². The molecule has 154 valence electrons. The molecule has 1 aromatic carbocycles. The van der Waals surface area contributed by atoms with Crippen molar-refractivity contribution in [2.75, 3.05) is 18.8 Å². The normalized spacial score (nSPS) is 11.2. The highest BCUT2D eigenvalue weighted by Crippen LogP contribution is 2.26. The largest absolute Gasteiger partial charge is 0.461 e. The zero-order chi connectivity index (χ0) is 20.6. The van der Waals surface area contributed by atoms with Crippen LogP contribution in [0.3, 0.4) is 0 Å². The van der Waals surface area contributed by atoms with Crippen LogP contribution in [0.4, 0.5) is 8.78 Å². The number of hydrogen-bond donors (Lipinski definition) is 0. The Morgan fingerprint density at radius 1 is 1.21 bits per heavy atom. The van der Waals surface area contributed by atoms with E-state index in [-0.39, 0.29) is 11.7 Å². The van der Waals surface area contributed by atoms with E-state index in [9.17, 15) is 13.6 Å². The van der Waals surface area contributed by atoms with Crippen LogP contribution < -0.4 is 0 Å². The van der Waals surface area contributed by atoms with Crippen LogP contribution in [-0.2, 0) is 11.3 Å². The number of hydrogen-bond acceptors (Lipinski definition) is 5. The summed E-state index contributed by atoms with van der Waals surface area (Å²) in [4.78, 5) is 13.6. The summed E-state index contributed by atoms with van der Waals surface area (Å²) in [6, 6.07) is 13.3. The summed E-state index contributed by atoms with van der Waals surface area (Å²) >= 11 is 1.19. The molecule has 0 unspecified atom stereocenters. The molecule has 0 saturated heterocycles. The van der Waals surface area contributed by atoms with Crippen LogP contribution in [0.2, 0.25) is 0 Å². The first-order valence-electron chi connectivity index (χ1n) is 9.28. The quantitative estimate of drug-likeness (QED) is 0.461. The Bertz CT molecular complexity index is 901. The molecule has 0 atom stereocenters. The van der Waals surface area contributed by atoms with Crippen molar-refractivity contribution in [2.45, 2.75) is 31.5 Å². The summed E-state index contributed by atoms with van der Waals surface area (Å²) in [6.07, 6.45) is -0.376. The summed E-state index contributed by atoms with van der Waals surface area (Å²) in [5.41, 5.74) is 1.04. The minimum Gasteiger partial charge on any atom is -0.461 e. The molecule has 0 aliphatic carbocycles. The van der Waals surface area contributed by atoms with Gasteiger partial charge in [0.05, 0.1) is 25.1 Å². The van der Waals surface area contributed by atoms with E-state index in [0.29, 0.717) is 36.3 Å². The van der Waals surface area contributed by atoms with Crippen LogP contribution in [0.25, 0.3) is 11.6 Å². The molecule has 0 fully saturated rings. The van der Waals surface area contributed by atoms with Crippen LogP contribution in [-0.4, -0.2) is 50.8 Å². The minimum absolute atomic E-state index is 0.0117. The van der Waals surface area contributed by atoms with Crippen molar-refractivity contribution in [1.82, 2.24) is 19.7 Å². The number of nitrogens with zero attached hydrogens (tertiary/aromatic N) is 4. The van der Waals surface area contributed by atoms with Gasteiger partial charge in [-0.25, -0.2) is 8.78 Å². The molecule has 3 aromatic rings. The van der Waals surface area contributed by atoms with Crippen LogP contribution in [0.15, 0.2) is 58.3 Å². The number of halogens is 2. The molecule has 9 heteroatoms. The number of benzene rings is 1. The maximum absolute atomic E-state index is 12.8. The van der Waals surface area contributed by atoms with E-state index in [1.165, 1.54) is 16.7 Å². The van der Waals surface area contributed by atoms with Crippen LogP contribution in [0.5, 0.6) is 0 Å². The third kappa shape index (κ3) is 5.66. The van der Waals surface area contributed by atoms with Crippen molar-refractivity contribution in [3.63, 3.8) is 0 Å². The first-order chi connectivity index (χ1) is 14.1. The lowest BCUT2D eigenvalue weighted by molar-refractivity contribution is -0.130. The van der Waals surface area contributed by atoms with Crippen molar-refractivity contribution >= 4 is 17.7 Å². The molecule has 0 saturated carbocycles. The Morgan fingerprint density at radius 2 is 2.00 bits per heavy atom. The molecule has 0 spiro atoms. The second-order valence-electron chi connectivity index (χ2n) is 6.37. The molecule has 6 nitrogen and oxygen atoms in total. The van der Waals surface area contributed by atoms with Gasteiger partial charge in [-0.1, -0.05) is 49.0 Å². The van der Waals surface area contributed by atoms with Gasteiger partial charge in [-0.3, -0.25) is 9.36 Å². The number of carbonyl (C=O) groups is 1. The lowest BCUT2D eigenvalue weighted by atomic mass is 10.2. The third-order valence-corrected chi connectivity index (χ3v) is 5.12. The molecule has 0 bridgehead atoms. The molecule has 0 aliphatic rings. The molecular weight excluding hydrogens is 398 g/mol. The van der Waals surface area contributed by atoms with E-state index in [4.69, 9.17) is 4.42 Å². The van der Waals surface area contributed by atoms with Crippen molar-refractivity contribution < 1.29 is 18.0 Å². The van der Waals surface area contributed by atoms with Gasteiger partial charge in [0, 0.05) is 6.54 Å². The molecule has 0 radical (unpaired) electrons. The maximum atomic E-state index is 12.8. The number of rotatable bonds is 10. The molecular formula is C20H22F2N4O2S. The van der Waals surface area contributed by atoms with Gasteiger partial charge in [0.2, 0.25) is 11.7 Å². The van der Waals surface area contributed by atoms with Gasteiger partial charge in [0.15, 0.2) is 10.9 Å². The number of amides is 1. The van der Waals surface area contributed by atoms with Gasteiger partial charge in [0.1, 0.15) is 0 Å². The van der Waals surface area contributed by atoms with E-state index in [1.807, 2.05) is 41.8 Å². The molecule has 0 aliphatic heterocycles. The molecule has 0 N–H and O–H groups in total. The van der Waals surface area contributed by atoms with Crippen molar-refractivity contribution in [2.24, 2.45) is 0 Å². The monoisotopic (exact) mass is 420 g/mol. The maximum Gasteiger partial charge on any atom is 0.255 e. The zero-order valence-electron chi connectivity index (χ0n) is 16.0. The molecule has 29 heavy (non-hydrogen) atoms. The van der Waals surface area contributed by atoms with Gasteiger partial charge < -0.3 is 9.32 Å². The Hall–Kier alpha value is -2.68. The lowest BCUT2D eigenvalue weighted by Crippen LogP contribution is -2.37. The number of aromatic nitrogens is 3. The van der Waals surface area contributed by atoms with Gasteiger partial charge >= 0.3 is 0 Å². The minimum atomic E-state index is -2.55. The van der Waals surface area contributed by atoms with Gasteiger partial charge in [-0.2, -0.15) is 0 Å². The second-order valence-corrected chi connectivity index (χ2v) is 7.32. The molecule has 1 amide bonds. The summed E-state index contributed by atoms with van der Waals surface area (Å²) in [5, 5.41) is 8.95. The summed E-state index contributed by atoms with van der Waals surface area (Å²) in [5.74, 6) is 0.785. The van der Waals surface area contributed by atoms with E-state index in [0.717, 1.165) is 5.56 Å². The molecule has 2 heterocycles.